The van der Waals surface area contributed by atoms with Crippen molar-refractivity contribution in [3.05, 3.63) is 11.1 Å². The molecule has 0 spiro atoms. The van der Waals surface area contributed by atoms with Gasteiger partial charge in [-0.3, -0.25) is 14.4 Å². The van der Waals surface area contributed by atoms with Gasteiger partial charge in [-0.15, -0.1) is 0 Å². The second kappa shape index (κ2) is 6.63. The summed E-state index contributed by atoms with van der Waals surface area (Å²) in [6.45, 7) is 5.25. The van der Waals surface area contributed by atoms with Crippen LogP contribution in [0.2, 0.25) is 0 Å². The monoisotopic (exact) mass is 308 g/mol. The number of ketones is 1. The Hall–Kier alpha value is -1.65. The third kappa shape index (κ3) is 3.23. The molecule has 22 heavy (non-hydrogen) atoms. The predicted octanol–water partition coefficient (Wildman–Crippen LogP) is 2.58. The van der Waals surface area contributed by atoms with Crippen LogP contribution in [0.4, 0.5) is 0 Å². The highest BCUT2D eigenvalue weighted by molar-refractivity contribution is 5.96. The molecule has 0 saturated heterocycles. The summed E-state index contributed by atoms with van der Waals surface area (Å²) in [5, 5.41) is 0. The molecule has 0 radical (unpaired) electrons. The van der Waals surface area contributed by atoms with E-state index < -0.39 is 0 Å². The van der Waals surface area contributed by atoms with E-state index in [1.807, 2.05) is 6.92 Å². The topological polar surface area (TPSA) is 69.7 Å². The lowest BCUT2D eigenvalue weighted by Gasteiger charge is -2.48. The maximum absolute atomic E-state index is 12.1. The number of hydrogen-bond donors (Lipinski definition) is 0. The molecule has 2 rings (SSSR count). The lowest BCUT2D eigenvalue weighted by Crippen LogP contribution is -2.46. The van der Waals surface area contributed by atoms with E-state index in [9.17, 15) is 14.4 Å². The molecule has 1 fully saturated rings. The molecule has 0 aliphatic heterocycles. The van der Waals surface area contributed by atoms with E-state index in [2.05, 4.69) is 0 Å². The predicted molar refractivity (Wildman–Crippen MR) is 80.0 cm³/mol. The first-order chi connectivity index (χ1) is 10.4. The van der Waals surface area contributed by atoms with Crippen LogP contribution < -0.4 is 0 Å². The molecule has 0 aromatic rings. The minimum Gasteiger partial charge on any atom is -0.466 e. The van der Waals surface area contributed by atoms with E-state index in [0.717, 1.165) is 30.4 Å². The highest BCUT2D eigenvalue weighted by atomic mass is 16.5. The number of ether oxygens (including phenoxy) is 2. The maximum atomic E-state index is 12.1. The van der Waals surface area contributed by atoms with Gasteiger partial charge in [0.1, 0.15) is 6.61 Å². The summed E-state index contributed by atoms with van der Waals surface area (Å²) in [6.07, 6.45) is 3.87. The van der Waals surface area contributed by atoms with E-state index in [1.165, 1.54) is 13.8 Å². The van der Waals surface area contributed by atoms with Gasteiger partial charge in [0.15, 0.2) is 5.78 Å². The van der Waals surface area contributed by atoms with Gasteiger partial charge < -0.3 is 9.47 Å². The lowest BCUT2D eigenvalue weighted by atomic mass is 9.58. The minimum atomic E-state index is -0.350. The molecular formula is C17H24O5. The van der Waals surface area contributed by atoms with Crippen LogP contribution in [0.1, 0.15) is 52.9 Å². The molecule has 0 heterocycles. The van der Waals surface area contributed by atoms with Gasteiger partial charge in [-0.05, 0) is 38.2 Å². The third-order valence-electron chi connectivity index (χ3n) is 5.05. The smallest absolute Gasteiger partial charge is 0.302 e. The van der Waals surface area contributed by atoms with Gasteiger partial charge in [0, 0.05) is 31.6 Å². The molecule has 5 nitrogen and oxygen atoms in total. The Kier molecular flexibility index (Phi) is 5.04. The lowest BCUT2D eigenvalue weighted by molar-refractivity contribution is -0.151. The van der Waals surface area contributed by atoms with Crippen LogP contribution in [0.25, 0.3) is 0 Å². The Morgan fingerprint density at radius 2 is 1.86 bits per heavy atom. The highest BCUT2D eigenvalue weighted by Crippen LogP contribution is 2.52. The van der Waals surface area contributed by atoms with Crippen LogP contribution in [0.5, 0.6) is 0 Å². The van der Waals surface area contributed by atoms with E-state index in [-0.39, 0.29) is 35.7 Å². The maximum Gasteiger partial charge on any atom is 0.302 e. The first-order valence-electron chi connectivity index (χ1n) is 7.87. The summed E-state index contributed by atoms with van der Waals surface area (Å²) in [5.41, 5.74) is 1.57. The van der Waals surface area contributed by atoms with Gasteiger partial charge in [0.05, 0.1) is 6.61 Å². The first-order valence-corrected chi connectivity index (χ1v) is 7.87. The van der Waals surface area contributed by atoms with Crippen molar-refractivity contribution in [2.75, 3.05) is 13.2 Å². The van der Waals surface area contributed by atoms with Crippen LogP contribution in [0.3, 0.4) is 0 Å². The number of allylic oxidation sites excluding steroid dienone is 1. The van der Waals surface area contributed by atoms with Crippen LogP contribution in [-0.4, -0.2) is 30.9 Å². The molecule has 5 heteroatoms. The van der Waals surface area contributed by atoms with Gasteiger partial charge in [0.2, 0.25) is 0 Å². The zero-order chi connectivity index (χ0) is 16.3. The van der Waals surface area contributed by atoms with E-state index in [1.54, 1.807) is 0 Å². The molecule has 0 aromatic carbocycles. The SMILES string of the molecule is CC(=O)OC[C@H]1CCCC2=C(C)C(=O)CC[C@@]21COC(C)=O. The van der Waals surface area contributed by atoms with Crippen LogP contribution in [-0.2, 0) is 23.9 Å². The molecule has 0 unspecified atom stereocenters. The second-order valence-electron chi connectivity index (χ2n) is 6.35. The Bertz CT molecular complexity index is 519. The van der Waals surface area contributed by atoms with Gasteiger partial charge in [-0.2, -0.15) is 0 Å². The average Bonchev–Trinajstić information content (AvgIpc) is 2.47. The summed E-state index contributed by atoms with van der Waals surface area (Å²) in [6, 6.07) is 0. The first kappa shape index (κ1) is 16.7. The molecule has 1 saturated carbocycles. The fraction of sp³-hybridized carbons (Fsp3) is 0.706. The van der Waals surface area contributed by atoms with Crippen LogP contribution in [0.15, 0.2) is 11.1 Å². The van der Waals surface area contributed by atoms with Crippen LogP contribution in [0, 0.1) is 11.3 Å². The average molecular weight is 308 g/mol. The fourth-order valence-corrected chi connectivity index (χ4v) is 3.87. The highest BCUT2D eigenvalue weighted by Gasteiger charge is 2.49. The summed E-state index contributed by atoms with van der Waals surface area (Å²) in [7, 11) is 0. The summed E-state index contributed by atoms with van der Waals surface area (Å²) < 4.78 is 10.6. The quantitative estimate of drug-likeness (QED) is 0.747. The standard InChI is InChI=1S/C17H24O5/c1-11-15-6-4-5-14(9-21-12(2)18)17(15,8-7-16(11)20)10-22-13(3)19/h14H,4-10H2,1-3H3/t14-,17+/m1/s1. The zero-order valence-corrected chi connectivity index (χ0v) is 13.6. The van der Waals surface area contributed by atoms with Crippen molar-refractivity contribution in [3.8, 4) is 0 Å². The van der Waals surface area contributed by atoms with Gasteiger partial charge in [-0.25, -0.2) is 0 Å². The van der Waals surface area contributed by atoms with Gasteiger partial charge >= 0.3 is 11.9 Å². The number of carbonyl (C=O) groups is 3. The molecule has 2 aliphatic carbocycles. The number of esters is 2. The number of carbonyl (C=O) groups excluding carboxylic acids is 3. The third-order valence-corrected chi connectivity index (χ3v) is 5.05. The molecule has 0 N–H and O–H groups in total. The van der Waals surface area contributed by atoms with E-state index >= 15 is 0 Å². The van der Waals surface area contributed by atoms with Crippen LogP contribution >= 0.6 is 0 Å². The Labute approximate surface area is 131 Å². The van der Waals surface area contributed by atoms with Gasteiger partial charge in [0.25, 0.3) is 0 Å². The Balaban J connectivity index is 2.34. The van der Waals surface area contributed by atoms with E-state index in [4.69, 9.17) is 9.47 Å². The normalized spacial score (nSPS) is 28.1. The number of rotatable bonds is 4. The Morgan fingerprint density at radius 1 is 1.18 bits per heavy atom. The summed E-state index contributed by atoms with van der Waals surface area (Å²) >= 11 is 0. The molecule has 0 amide bonds. The molecule has 2 atom stereocenters. The molecule has 0 aromatic heterocycles. The van der Waals surface area contributed by atoms with Crippen molar-refractivity contribution >= 4 is 17.7 Å². The number of Topliss-reactive ketones (excluding diaryl/α,β-unsaturated/α-hetero) is 1. The molecule has 122 valence electrons. The molecule has 2 aliphatic rings. The van der Waals surface area contributed by atoms with E-state index in [0.29, 0.717) is 19.4 Å². The number of fused-ring (bicyclic) bond motifs is 1. The fourth-order valence-electron chi connectivity index (χ4n) is 3.87. The Morgan fingerprint density at radius 3 is 2.50 bits per heavy atom. The van der Waals surface area contributed by atoms with Gasteiger partial charge in [-0.1, -0.05) is 5.57 Å². The second-order valence-corrected chi connectivity index (χ2v) is 6.35. The summed E-state index contributed by atoms with van der Waals surface area (Å²) in [5.74, 6) is -0.341. The molecule has 0 bridgehead atoms. The van der Waals surface area contributed by atoms with Crippen molar-refractivity contribution in [2.45, 2.75) is 52.9 Å². The van der Waals surface area contributed by atoms with Crippen molar-refractivity contribution in [1.29, 1.82) is 0 Å². The number of hydrogen-bond acceptors (Lipinski definition) is 5. The van der Waals surface area contributed by atoms with Crippen molar-refractivity contribution in [3.63, 3.8) is 0 Å². The largest absolute Gasteiger partial charge is 0.466 e. The van der Waals surface area contributed by atoms with Crippen molar-refractivity contribution in [1.82, 2.24) is 0 Å². The van der Waals surface area contributed by atoms with Crippen molar-refractivity contribution in [2.24, 2.45) is 11.3 Å². The summed E-state index contributed by atoms with van der Waals surface area (Å²) in [4.78, 5) is 34.5. The molecular weight excluding hydrogens is 284 g/mol. The minimum absolute atomic E-state index is 0.0996. The zero-order valence-electron chi connectivity index (χ0n) is 13.6. The van der Waals surface area contributed by atoms with Crippen molar-refractivity contribution < 1.29 is 23.9 Å².